The standard InChI is InChI=1S/C20H25N5/c21-19-23-17-15-6-2-1-4-14(15)5-3-7-16(17)18(24-19)25-10-8-20(9-11-25)12-22-13-20/h1-2,4,6,22H,3,5,7-13H2,(H2,21,23,24). The van der Waals surface area contributed by atoms with Crippen molar-refractivity contribution in [2.45, 2.75) is 32.1 Å². The first-order valence-corrected chi connectivity index (χ1v) is 9.44. The maximum absolute atomic E-state index is 6.13. The van der Waals surface area contributed by atoms with Crippen molar-refractivity contribution in [2.75, 3.05) is 36.8 Å². The number of anilines is 2. The van der Waals surface area contributed by atoms with Crippen LogP contribution in [0.5, 0.6) is 0 Å². The van der Waals surface area contributed by atoms with E-state index in [1.807, 2.05) is 0 Å². The van der Waals surface area contributed by atoms with E-state index >= 15 is 0 Å². The van der Waals surface area contributed by atoms with Gasteiger partial charge in [-0.25, -0.2) is 4.98 Å². The van der Waals surface area contributed by atoms with Gasteiger partial charge in [0, 0.05) is 37.3 Å². The zero-order valence-electron chi connectivity index (χ0n) is 14.6. The molecule has 2 aromatic rings. The minimum atomic E-state index is 0.399. The molecule has 1 spiro atoms. The molecule has 2 saturated heterocycles. The van der Waals surface area contributed by atoms with Crippen LogP contribution in [0.2, 0.25) is 0 Å². The van der Waals surface area contributed by atoms with E-state index in [0.29, 0.717) is 11.4 Å². The summed E-state index contributed by atoms with van der Waals surface area (Å²) in [6.07, 6.45) is 5.76. The van der Waals surface area contributed by atoms with Gasteiger partial charge in [-0.15, -0.1) is 0 Å². The Morgan fingerprint density at radius 3 is 2.60 bits per heavy atom. The number of piperidine rings is 1. The van der Waals surface area contributed by atoms with Gasteiger partial charge >= 0.3 is 0 Å². The minimum Gasteiger partial charge on any atom is -0.368 e. The first kappa shape index (κ1) is 15.1. The van der Waals surface area contributed by atoms with Crippen molar-refractivity contribution in [1.82, 2.24) is 15.3 Å². The molecule has 0 unspecified atom stereocenters. The molecular weight excluding hydrogens is 310 g/mol. The minimum absolute atomic E-state index is 0.399. The normalized spacial score (nSPS) is 21.2. The Bertz CT molecular complexity index is 802. The second-order valence-electron chi connectivity index (χ2n) is 7.83. The first-order chi connectivity index (χ1) is 12.2. The number of benzene rings is 1. The van der Waals surface area contributed by atoms with Gasteiger partial charge in [-0.05, 0) is 43.1 Å². The van der Waals surface area contributed by atoms with Crippen LogP contribution in [0.1, 0.15) is 30.4 Å². The van der Waals surface area contributed by atoms with E-state index in [9.17, 15) is 0 Å². The van der Waals surface area contributed by atoms with E-state index in [2.05, 4.69) is 39.5 Å². The highest BCUT2D eigenvalue weighted by atomic mass is 15.2. The summed E-state index contributed by atoms with van der Waals surface area (Å²) >= 11 is 0. The number of nitrogens with two attached hydrogens (primary N) is 1. The maximum atomic E-state index is 6.13. The molecule has 0 saturated carbocycles. The van der Waals surface area contributed by atoms with E-state index in [1.165, 1.54) is 42.6 Å². The van der Waals surface area contributed by atoms with Gasteiger partial charge in [-0.3, -0.25) is 0 Å². The molecule has 25 heavy (non-hydrogen) atoms. The van der Waals surface area contributed by atoms with Crippen molar-refractivity contribution in [3.05, 3.63) is 35.4 Å². The van der Waals surface area contributed by atoms with Gasteiger partial charge in [0.1, 0.15) is 5.82 Å². The van der Waals surface area contributed by atoms with Gasteiger partial charge in [0.05, 0.1) is 5.69 Å². The van der Waals surface area contributed by atoms with Gasteiger partial charge < -0.3 is 16.0 Å². The largest absolute Gasteiger partial charge is 0.368 e. The molecule has 5 heteroatoms. The smallest absolute Gasteiger partial charge is 0.222 e. The number of hydrogen-bond acceptors (Lipinski definition) is 5. The molecule has 2 fully saturated rings. The van der Waals surface area contributed by atoms with Crippen LogP contribution in [0.25, 0.3) is 11.3 Å². The topological polar surface area (TPSA) is 67.1 Å². The van der Waals surface area contributed by atoms with Crippen molar-refractivity contribution in [3.8, 4) is 11.3 Å². The Kier molecular flexibility index (Phi) is 3.45. The van der Waals surface area contributed by atoms with Crippen LogP contribution in [0, 0.1) is 5.41 Å². The zero-order chi connectivity index (χ0) is 16.9. The quantitative estimate of drug-likeness (QED) is 0.838. The summed E-state index contributed by atoms with van der Waals surface area (Å²) in [5.74, 6) is 1.48. The molecule has 2 aliphatic heterocycles. The van der Waals surface area contributed by atoms with E-state index in [4.69, 9.17) is 10.7 Å². The Morgan fingerprint density at radius 2 is 1.84 bits per heavy atom. The number of fused-ring (bicyclic) bond motifs is 3. The summed E-state index contributed by atoms with van der Waals surface area (Å²) in [6.45, 7) is 4.51. The number of aromatic nitrogens is 2. The van der Waals surface area contributed by atoms with Crippen LogP contribution >= 0.6 is 0 Å². The zero-order valence-corrected chi connectivity index (χ0v) is 14.6. The monoisotopic (exact) mass is 335 g/mol. The molecule has 0 amide bonds. The number of hydrogen-bond donors (Lipinski definition) is 2. The molecule has 3 aliphatic rings. The average Bonchev–Trinajstić information content (AvgIpc) is 2.79. The third kappa shape index (κ3) is 2.49. The molecule has 0 radical (unpaired) electrons. The van der Waals surface area contributed by atoms with Gasteiger partial charge in [0.25, 0.3) is 0 Å². The van der Waals surface area contributed by atoms with Gasteiger partial charge in [-0.1, -0.05) is 24.3 Å². The molecular formula is C20H25N5. The SMILES string of the molecule is Nc1nc2c(c(N3CCC4(CC3)CNC4)n1)CCCc1ccccc1-2. The van der Waals surface area contributed by atoms with Gasteiger partial charge in [0.2, 0.25) is 5.95 Å². The fourth-order valence-electron chi connectivity index (χ4n) is 4.65. The van der Waals surface area contributed by atoms with Crippen LogP contribution in [0.3, 0.4) is 0 Å². The van der Waals surface area contributed by atoms with Crippen LogP contribution in [-0.4, -0.2) is 36.1 Å². The van der Waals surface area contributed by atoms with Gasteiger partial charge in [0.15, 0.2) is 0 Å². The summed E-state index contributed by atoms with van der Waals surface area (Å²) in [7, 11) is 0. The summed E-state index contributed by atoms with van der Waals surface area (Å²) in [6, 6.07) is 8.61. The number of nitrogens with one attached hydrogen (secondary N) is 1. The van der Waals surface area contributed by atoms with Crippen molar-refractivity contribution in [1.29, 1.82) is 0 Å². The molecule has 1 aliphatic carbocycles. The summed E-state index contributed by atoms with van der Waals surface area (Å²) in [5.41, 5.74) is 11.6. The summed E-state index contributed by atoms with van der Waals surface area (Å²) in [4.78, 5) is 11.8. The van der Waals surface area contributed by atoms with Crippen LogP contribution < -0.4 is 16.0 Å². The summed E-state index contributed by atoms with van der Waals surface area (Å²) in [5, 5.41) is 3.44. The highest BCUT2D eigenvalue weighted by Gasteiger charge is 2.40. The molecule has 0 atom stereocenters. The van der Waals surface area contributed by atoms with E-state index in [1.54, 1.807) is 0 Å². The van der Waals surface area contributed by atoms with Crippen molar-refractivity contribution < 1.29 is 0 Å². The summed E-state index contributed by atoms with van der Waals surface area (Å²) < 4.78 is 0. The first-order valence-electron chi connectivity index (χ1n) is 9.44. The lowest BCUT2D eigenvalue weighted by Gasteiger charge is -2.48. The Labute approximate surface area is 148 Å². The highest BCUT2D eigenvalue weighted by molar-refractivity contribution is 5.74. The predicted octanol–water partition coefficient (Wildman–Crippen LogP) is 2.40. The second kappa shape index (κ2) is 5.70. The van der Waals surface area contributed by atoms with Gasteiger partial charge in [-0.2, -0.15) is 4.98 Å². The molecule has 5 rings (SSSR count). The Morgan fingerprint density at radius 1 is 1.04 bits per heavy atom. The van der Waals surface area contributed by atoms with Crippen LogP contribution in [0.4, 0.5) is 11.8 Å². The molecule has 0 bridgehead atoms. The number of nitrogen functional groups attached to an aromatic ring is 1. The Balaban J connectivity index is 1.55. The molecule has 130 valence electrons. The lowest BCUT2D eigenvalue weighted by molar-refractivity contribution is 0.126. The van der Waals surface area contributed by atoms with Crippen LogP contribution in [0.15, 0.2) is 24.3 Å². The lowest BCUT2D eigenvalue weighted by Crippen LogP contribution is -2.58. The average molecular weight is 335 g/mol. The number of rotatable bonds is 1. The van der Waals surface area contributed by atoms with E-state index in [-0.39, 0.29) is 0 Å². The van der Waals surface area contributed by atoms with E-state index < -0.39 is 0 Å². The third-order valence-corrected chi connectivity index (χ3v) is 6.27. The fraction of sp³-hybridized carbons (Fsp3) is 0.500. The van der Waals surface area contributed by atoms with Crippen molar-refractivity contribution >= 4 is 11.8 Å². The molecule has 3 heterocycles. The lowest BCUT2D eigenvalue weighted by atomic mass is 9.73. The van der Waals surface area contributed by atoms with E-state index in [0.717, 1.165) is 43.9 Å². The highest BCUT2D eigenvalue weighted by Crippen LogP contribution is 2.40. The Hall–Kier alpha value is -2.14. The second-order valence-corrected chi connectivity index (χ2v) is 7.83. The third-order valence-electron chi connectivity index (χ3n) is 6.27. The number of nitrogens with zero attached hydrogens (tertiary/aromatic N) is 3. The maximum Gasteiger partial charge on any atom is 0.222 e. The fourth-order valence-corrected chi connectivity index (χ4v) is 4.65. The molecule has 1 aromatic heterocycles. The van der Waals surface area contributed by atoms with Crippen molar-refractivity contribution in [2.24, 2.45) is 5.41 Å². The molecule has 3 N–H and O–H groups in total. The molecule has 1 aromatic carbocycles. The van der Waals surface area contributed by atoms with Crippen molar-refractivity contribution in [3.63, 3.8) is 0 Å². The number of aryl methyl sites for hydroxylation is 1. The predicted molar refractivity (Wildman–Crippen MR) is 101 cm³/mol. The van der Waals surface area contributed by atoms with Crippen LogP contribution in [-0.2, 0) is 12.8 Å². The molecule has 5 nitrogen and oxygen atoms in total.